The van der Waals surface area contributed by atoms with Crippen LogP contribution in [0, 0.1) is 0 Å². The fourth-order valence-electron chi connectivity index (χ4n) is 1.82. The van der Waals surface area contributed by atoms with E-state index in [0.717, 1.165) is 10.9 Å². The maximum atomic E-state index is 11.3. The molecule has 1 amide bonds. The Balaban J connectivity index is 2.30. The summed E-state index contributed by atoms with van der Waals surface area (Å²) < 4.78 is 15.1. The first-order valence-corrected chi connectivity index (χ1v) is 6.87. The number of aromatic nitrogens is 1. The monoisotopic (exact) mass is 280 g/mol. The SMILES string of the molecule is NC(=O)c1nccc2ccc(CCO[PH](=O)O)cc12. The molecule has 7 heteroatoms. The molecule has 0 radical (unpaired) electrons. The van der Waals surface area contributed by atoms with E-state index in [2.05, 4.69) is 9.51 Å². The number of rotatable bonds is 5. The zero-order valence-corrected chi connectivity index (χ0v) is 11.0. The van der Waals surface area contributed by atoms with Crippen molar-refractivity contribution in [3.63, 3.8) is 0 Å². The number of pyridine rings is 1. The predicted octanol–water partition coefficient (Wildman–Crippen LogP) is 1.27. The summed E-state index contributed by atoms with van der Waals surface area (Å²) in [7, 11) is -2.90. The number of hydrogen-bond acceptors (Lipinski definition) is 4. The quantitative estimate of drug-likeness (QED) is 0.803. The molecular formula is C12H13N2O4P. The van der Waals surface area contributed by atoms with E-state index in [-0.39, 0.29) is 12.3 Å². The molecule has 0 aliphatic heterocycles. The topological polar surface area (TPSA) is 103 Å². The van der Waals surface area contributed by atoms with Crippen molar-refractivity contribution >= 4 is 24.9 Å². The minimum atomic E-state index is -2.90. The summed E-state index contributed by atoms with van der Waals surface area (Å²) in [4.78, 5) is 23.8. The predicted molar refractivity (Wildman–Crippen MR) is 71.1 cm³/mol. The zero-order chi connectivity index (χ0) is 13.8. The minimum Gasteiger partial charge on any atom is -0.364 e. The van der Waals surface area contributed by atoms with Gasteiger partial charge in [-0.15, -0.1) is 0 Å². The molecule has 1 unspecified atom stereocenters. The van der Waals surface area contributed by atoms with Gasteiger partial charge in [0.05, 0.1) is 6.61 Å². The van der Waals surface area contributed by atoms with Crippen molar-refractivity contribution in [3.8, 4) is 0 Å². The molecule has 1 heterocycles. The first kappa shape index (κ1) is 13.7. The molecule has 2 aromatic rings. The van der Waals surface area contributed by atoms with Gasteiger partial charge in [-0.2, -0.15) is 0 Å². The van der Waals surface area contributed by atoms with Crippen molar-refractivity contribution in [1.29, 1.82) is 0 Å². The second kappa shape index (κ2) is 5.93. The Kier molecular flexibility index (Phi) is 4.27. The molecule has 1 aromatic heterocycles. The summed E-state index contributed by atoms with van der Waals surface area (Å²) in [6.45, 7) is 0.145. The van der Waals surface area contributed by atoms with E-state index in [4.69, 9.17) is 10.6 Å². The van der Waals surface area contributed by atoms with Gasteiger partial charge in [-0.25, -0.2) is 0 Å². The number of hydrogen-bond donors (Lipinski definition) is 2. The van der Waals surface area contributed by atoms with Crippen LogP contribution in [0.3, 0.4) is 0 Å². The van der Waals surface area contributed by atoms with Crippen LogP contribution < -0.4 is 5.73 Å². The molecule has 0 bridgehead atoms. The van der Waals surface area contributed by atoms with Gasteiger partial charge < -0.3 is 15.2 Å². The molecule has 1 atom stereocenters. The molecule has 0 aliphatic carbocycles. The van der Waals surface area contributed by atoms with Crippen molar-refractivity contribution in [2.24, 2.45) is 5.73 Å². The number of primary amides is 1. The van der Waals surface area contributed by atoms with Gasteiger partial charge in [-0.3, -0.25) is 14.3 Å². The van der Waals surface area contributed by atoms with Crippen molar-refractivity contribution in [1.82, 2.24) is 4.98 Å². The van der Waals surface area contributed by atoms with Gasteiger partial charge in [0.25, 0.3) is 5.91 Å². The van der Waals surface area contributed by atoms with Crippen LogP contribution in [0.5, 0.6) is 0 Å². The van der Waals surface area contributed by atoms with Gasteiger partial charge in [0.2, 0.25) is 0 Å². The molecule has 100 valence electrons. The Morgan fingerprint density at radius 3 is 2.89 bits per heavy atom. The Hall–Kier alpha value is -1.75. The van der Waals surface area contributed by atoms with Crippen LogP contribution in [-0.2, 0) is 15.5 Å². The molecule has 1 aromatic carbocycles. The molecule has 2 rings (SSSR count). The number of amides is 1. The average molecular weight is 280 g/mol. The summed E-state index contributed by atoms with van der Waals surface area (Å²) in [5.41, 5.74) is 6.37. The summed E-state index contributed by atoms with van der Waals surface area (Å²) in [6.07, 6.45) is 2.00. The summed E-state index contributed by atoms with van der Waals surface area (Å²) in [5, 5.41) is 1.54. The van der Waals surface area contributed by atoms with E-state index in [1.807, 2.05) is 12.1 Å². The lowest BCUT2D eigenvalue weighted by Gasteiger charge is -2.06. The number of carbonyl (C=O) groups is 1. The lowest BCUT2D eigenvalue weighted by atomic mass is 10.0. The number of carbonyl (C=O) groups excluding carboxylic acids is 1. The molecule has 0 fully saturated rings. The normalized spacial score (nSPS) is 12.5. The second-order valence-corrected chi connectivity index (χ2v) is 4.76. The van der Waals surface area contributed by atoms with Gasteiger partial charge in [0.15, 0.2) is 0 Å². The van der Waals surface area contributed by atoms with Crippen molar-refractivity contribution in [3.05, 3.63) is 41.7 Å². The van der Waals surface area contributed by atoms with Gasteiger partial charge in [0, 0.05) is 11.6 Å². The van der Waals surface area contributed by atoms with Gasteiger partial charge in [-0.05, 0) is 29.5 Å². The van der Waals surface area contributed by atoms with Crippen molar-refractivity contribution < 1.29 is 18.8 Å². The second-order valence-electron chi connectivity index (χ2n) is 3.94. The summed E-state index contributed by atoms with van der Waals surface area (Å²) in [6, 6.07) is 7.29. The highest BCUT2D eigenvalue weighted by atomic mass is 31.1. The lowest BCUT2D eigenvalue weighted by Crippen LogP contribution is -2.13. The van der Waals surface area contributed by atoms with E-state index < -0.39 is 14.2 Å². The molecule has 0 aliphatic rings. The van der Waals surface area contributed by atoms with Gasteiger partial charge >= 0.3 is 8.25 Å². The smallest absolute Gasteiger partial charge is 0.316 e. The standard InChI is InChI=1S/C12H13N2O4P/c13-12(15)11-10-7-8(4-6-18-19(16)17)1-2-9(10)3-5-14-11/h1-3,5,7,19H,4,6H2,(H2,13,15)(H,16,17). The van der Waals surface area contributed by atoms with Crippen molar-refractivity contribution in [2.45, 2.75) is 6.42 Å². The highest BCUT2D eigenvalue weighted by molar-refractivity contribution is 7.32. The number of nitrogens with zero attached hydrogens (tertiary/aromatic N) is 1. The van der Waals surface area contributed by atoms with E-state index in [1.54, 1.807) is 12.1 Å². The highest BCUT2D eigenvalue weighted by Gasteiger charge is 2.08. The summed E-state index contributed by atoms with van der Waals surface area (Å²) >= 11 is 0. The van der Waals surface area contributed by atoms with Crippen LogP contribution in [0.4, 0.5) is 0 Å². The van der Waals surface area contributed by atoms with Crippen molar-refractivity contribution in [2.75, 3.05) is 6.61 Å². The molecule has 0 saturated carbocycles. The maximum absolute atomic E-state index is 11.3. The van der Waals surface area contributed by atoms with Gasteiger partial charge in [-0.1, -0.05) is 12.1 Å². The lowest BCUT2D eigenvalue weighted by molar-refractivity contribution is 0.0997. The van der Waals surface area contributed by atoms with E-state index in [1.165, 1.54) is 6.20 Å². The molecule has 6 nitrogen and oxygen atoms in total. The maximum Gasteiger partial charge on any atom is 0.316 e. The van der Waals surface area contributed by atoms with Crippen LogP contribution in [0.2, 0.25) is 0 Å². The first-order valence-electron chi connectivity index (χ1n) is 5.61. The third kappa shape index (κ3) is 3.38. The molecule has 0 saturated heterocycles. The first-order chi connectivity index (χ1) is 9.08. The minimum absolute atomic E-state index is 0.145. The third-order valence-corrected chi connectivity index (χ3v) is 3.13. The average Bonchev–Trinajstić information content (AvgIpc) is 2.37. The Morgan fingerprint density at radius 1 is 1.42 bits per heavy atom. The molecule has 3 N–H and O–H groups in total. The fourth-order valence-corrected chi connectivity index (χ4v) is 2.10. The number of nitrogens with two attached hydrogens (primary N) is 1. The Morgan fingerprint density at radius 2 is 2.21 bits per heavy atom. The fraction of sp³-hybridized carbons (Fsp3) is 0.167. The summed E-state index contributed by atoms with van der Waals surface area (Å²) in [5.74, 6) is -0.584. The zero-order valence-electron chi connectivity index (χ0n) is 10.00. The highest BCUT2D eigenvalue weighted by Crippen LogP contribution is 2.20. The van der Waals surface area contributed by atoms with E-state index in [9.17, 15) is 9.36 Å². The molecule has 19 heavy (non-hydrogen) atoms. The number of benzene rings is 1. The Labute approximate surface area is 110 Å². The van der Waals surface area contributed by atoms with Crippen LogP contribution in [0.15, 0.2) is 30.5 Å². The Bertz CT molecular complexity index is 645. The third-order valence-electron chi connectivity index (χ3n) is 2.68. The van der Waals surface area contributed by atoms with Crippen LogP contribution in [0.1, 0.15) is 16.1 Å². The van der Waals surface area contributed by atoms with E-state index in [0.29, 0.717) is 11.8 Å². The van der Waals surface area contributed by atoms with Crippen LogP contribution in [0.25, 0.3) is 10.8 Å². The van der Waals surface area contributed by atoms with Crippen LogP contribution in [-0.4, -0.2) is 22.4 Å². The largest absolute Gasteiger partial charge is 0.364 e. The van der Waals surface area contributed by atoms with E-state index >= 15 is 0 Å². The van der Waals surface area contributed by atoms with Gasteiger partial charge in [0.1, 0.15) is 5.69 Å². The molecular weight excluding hydrogens is 267 g/mol. The molecule has 0 spiro atoms. The van der Waals surface area contributed by atoms with Crippen LogP contribution >= 0.6 is 8.25 Å². The number of fused-ring (bicyclic) bond motifs is 1.